The van der Waals surface area contributed by atoms with Crippen molar-refractivity contribution in [2.75, 3.05) is 0 Å². The van der Waals surface area contributed by atoms with E-state index in [2.05, 4.69) is 72.9 Å². The van der Waals surface area contributed by atoms with Gasteiger partial charge in [0.05, 0.1) is 0 Å². The van der Waals surface area contributed by atoms with Gasteiger partial charge in [0.1, 0.15) is 24.7 Å². The first-order valence-electron chi connectivity index (χ1n) is 7.13. The van der Waals surface area contributed by atoms with Gasteiger partial charge in [0.15, 0.2) is 0 Å². The van der Waals surface area contributed by atoms with Gasteiger partial charge in [-0.2, -0.15) is 0 Å². The third-order valence-electron chi connectivity index (χ3n) is 4.68. The van der Waals surface area contributed by atoms with Gasteiger partial charge in [-0.25, -0.2) is 0 Å². The second kappa shape index (κ2) is 7.54. The average molecular weight is 316 g/mol. The summed E-state index contributed by atoms with van der Waals surface area (Å²) in [5.74, 6) is 0. The molecule has 0 amide bonds. The van der Waals surface area contributed by atoms with Crippen molar-refractivity contribution < 1.29 is 0 Å². The molecule has 2 nitrogen and oxygen atoms in total. The Hall–Kier alpha value is 0.788. The molecule has 6 heteroatoms. The van der Waals surface area contributed by atoms with Crippen LogP contribution >= 0.6 is 0 Å². The molecule has 2 unspecified atom stereocenters. The molecule has 0 aromatic carbocycles. The molecule has 0 aliphatic heterocycles. The number of hydrogen-bond donors (Lipinski definition) is 1. The van der Waals surface area contributed by atoms with Gasteiger partial charge in [-0.05, 0) is 12.8 Å². The van der Waals surface area contributed by atoms with Crippen molar-refractivity contribution in [2.45, 2.75) is 78.8 Å². The molecular formula is C12H31N2Si4. The van der Waals surface area contributed by atoms with E-state index in [-0.39, 0.29) is 0 Å². The van der Waals surface area contributed by atoms with Crippen molar-refractivity contribution in [3.05, 3.63) is 0 Å². The molecule has 0 spiro atoms. The quantitative estimate of drug-likeness (QED) is 0.693. The lowest BCUT2D eigenvalue weighted by atomic mass is 10.2. The molecule has 5 radical (unpaired) electrons. The first-order valence-corrected chi connectivity index (χ1v) is 16.6. The third-order valence-corrected chi connectivity index (χ3v) is 25.1. The first kappa shape index (κ1) is 18.8. The predicted octanol–water partition coefficient (Wildman–Crippen LogP) is 2.67. The molecule has 0 bridgehead atoms. The highest BCUT2D eigenvalue weighted by Crippen LogP contribution is 2.27. The van der Waals surface area contributed by atoms with Gasteiger partial charge in [0.25, 0.3) is 0 Å². The summed E-state index contributed by atoms with van der Waals surface area (Å²) in [5, 5.41) is 0. The van der Waals surface area contributed by atoms with Crippen LogP contribution in [0.25, 0.3) is 0 Å². The van der Waals surface area contributed by atoms with Crippen molar-refractivity contribution in [2.24, 2.45) is 0 Å². The Bertz CT molecular complexity index is 236. The van der Waals surface area contributed by atoms with E-state index in [0.717, 1.165) is 0 Å². The minimum Gasteiger partial charge on any atom is -0.365 e. The Labute approximate surface area is 122 Å². The highest BCUT2D eigenvalue weighted by Gasteiger charge is 2.47. The fourth-order valence-corrected chi connectivity index (χ4v) is 18.8. The molecule has 0 saturated carbocycles. The van der Waals surface area contributed by atoms with Crippen LogP contribution in [0.5, 0.6) is 0 Å². The van der Waals surface area contributed by atoms with Crippen LogP contribution in [0.2, 0.25) is 26.2 Å². The molecule has 0 rings (SSSR count). The van der Waals surface area contributed by atoms with Gasteiger partial charge < -0.3 is 9.21 Å². The normalized spacial score (nSPS) is 17.0. The third kappa shape index (κ3) is 4.14. The van der Waals surface area contributed by atoms with Gasteiger partial charge in [-0.1, -0.05) is 53.9 Å². The summed E-state index contributed by atoms with van der Waals surface area (Å²) in [4.78, 5) is 0. The summed E-state index contributed by atoms with van der Waals surface area (Å²) >= 11 is 0. The first-order chi connectivity index (χ1) is 8.15. The Kier molecular flexibility index (Phi) is 7.87. The fraction of sp³-hybridized carbons (Fsp3) is 1.00. The van der Waals surface area contributed by atoms with Crippen molar-refractivity contribution in [3.63, 3.8) is 0 Å². The standard InChI is InChI=1S/C12H31N2Si4/c1-9-11(3)14(12(4)10-2)18(7,8)17(5,6)13-16-15/h11-13H,9-10H2,1-8H3. The molecule has 0 heterocycles. The monoisotopic (exact) mass is 315 g/mol. The van der Waals surface area contributed by atoms with E-state index < -0.39 is 15.5 Å². The molecular weight excluding hydrogens is 284 g/mol. The minimum atomic E-state index is -1.41. The maximum absolute atomic E-state index is 3.80. The van der Waals surface area contributed by atoms with Crippen molar-refractivity contribution in [1.29, 1.82) is 0 Å². The van der Waals surface area contributed by atoms with Gasteiger partial charge in [-0.15, -0.1) is 0 Å². The zero-order valence-electron chi connectivity index (χ0n) is 13.5. The van der Waals surface area contributed by atoms with Crippen LogP contribution in [0.1, 0.15) is 40.5 Å². The van der Waals surface area contributed by atoms with Gasteiger partial charge >= 0.3 is 0 Å². The Morgan fingerprint density at radius 1 is 1.06 bits per heavy atom. The highest BCUT2D eigenvalue weighted by atomic mass is 29.3. The molecule has 18 heavy (non-hydrogen) atoms. The van der Waals surface area contributed by atoms with Crippen molar-refractivity contribution in [3.8, 4) is 0 Å². The fourth-order valence-electron chi connectivity index (χ4n) is 2.56. The van der Waals surface area contributed by atoms with Crippen molar-refractivity contribution >= 4 is 34.5 Å². The molecule has 0 fully saturated rings. The molecule has 0 saturated heterocycles. The summed E-state index contributed by atoms with van der Waals surface area (Å²) in [6, 6.07) is 1.40. The van der Waals surface area contributed by atoms with E-state index in [0.29, 0.717) is 21.3 Å². The second-order valence-corrected chi connectivity index (χ2v) is 22.7. The SMILES string of the molecule is CCC(C)N(C(C)CC)[Si](C)(C)[Si](C)(C)N[Si][Si]. The Morgan fingerprint density at radius 2 is 1.44 bits per heavy atom. The second-order valence-electron chi connectivity index (χ2n) is 6.36. The molecule has 0 aliphatic carbocycles. The molecule has 0 aliphatic rings. The molecule has 1 N–H and O–H groups in total. The lowest BCUT2D eigenvalue weighted by Crippen LogP contribution is -2.75. The summed E-state index contributed by atoms with van der Waals surface area (Å²) in [6.07, 6.45) is 2.50. The zero-order valence-corrected chi connectivity index (χ0v) is 17.5. The average Bonchev–Trinajstić information content (AvgIpc) is 2.27. The smallest absolute Gasteiger partial charge is 0.129 e. The highest BCUT2D eigenvalue weighted by molar-refractivity contribution is 7.40. The van der Waals surface area contributed by atoms with Crippen LogP contribution in [-0.2, 0) is 0 Å². The van der Waals surface area contributed by atoms with Crippen LogP contribution in [0.15, 0.2) is 0 Å². The number of hydrogen-bond acceptors (Lipinski definition) is 2. The minimum absolute atomic E-state index is 0.689. The number of nitrogens with one attached hydrogen (secondary N) is 1. The molecule has 0 aromatic rings. The summed E-state index contributed by atoms with van der Waals surface area (Å²) in [7, 11) is 1.54. The predicted molar refractivity (Wildman–Crippen MR) is 91.0 cm³/mol. The van der Waals surface area contributed by atoms with E-state index in [9.17, 15) is 0 Å². The van der Waals surface area contributed by atoms with E-state index in [1.54, 1.807) is 0 Å². The maximum Gasteiger partial charge on any atom is 0.129 e. The number of nitrogens with zero attached hydrogens (tertiary/aromatic N) is 1. The van der Waals surface area contributed by atoms with E-state index in [4.69, 9.17) is 0 Å². The topological polar surface area (TPSA) is 15.3 Å². The van der Waals surface area contributed by atoms with Gasteiger partial charge in [0, 0.05) is 21.8 Å². The summed E-state index contributed by atoms with van der Waals surface area (Å²) < 4.78 is 6.69. The Morgan fingerprint density at radius 3 is 1.72 bits per heavy atom. The largest absolute Gasteiger partial charge is 0.365 e. The van der Waals surface area contributed by atoms with E-state index in [1.165, 1.54) is 12.8 Å². The molecule has 105 valence electrons. The van der Waals surface area contributed by atoms with Crippen LogP contribution < -0.4 is 4.65 Å². The molecule has 0 aromatic heterocycles. The lowest BCUT2D eigenvalue weighted by Gasteiger charge is -2.52. The lowest BCUT2D eigenvalue weighted by molar-refractivity contribution is 0.258. The summed E-state index contributed by atoms with van der Waals surface area (Å²) in [5.41, 5.74) is 0. The van der Waals surface area contributed by atoms with Crippen LogP contribution in [0.4, 0.5) is 0 Å². The van der Waals surface area contributed by atoms with Gasteiger partial charge in [0.2, 0.25) is 0 Å². The Balaban J connectivity index is 5.31. The van der Waals surface area contributed by atoms with Crippen molar-refractivity contribution in [1.82, 2.24) is 9.21 Å². The van der Waals surface area contributed by atoms with E-state index in [1.807, 2.05) is 0 Å². The van der Waals surface area contributed by atoms with Crippen LogP contribution in [0.3, 0.4) is 0 Å². The van der Waals surface area contributed by atoms with Gasteiger partial charge in [-0.3, -0.25) is 0 Å². The van der Waals surface area contributed by atoms with Crippen LogP contribution in [-0.4, -0.2) is 51.1 Å². The molecule has 2 atom stereocenters. The maximum atomic E-state index is 3.80. The summed E-state index contributed by atoms with van der Waals surface area (Å²) in [6.45, 7) is 19.6. The zero-order chi connectivity index (χ0) is 14.6. The van der Waals surface area contributed by atoms with E-state index >= 15 is 0 Å². The van der Waals surface area contributed by atoms with Crippen LogP contribution in [0, 0.1) is 0 Å². The number of rotatable bonds is 8.